The van der Waals surface area contributed by atoms with E-state index in [4.69, 9.17) is 4.74 Å². The SMILES string of the molecule is CS(=O)(=O)NC(=O)c1ccc(OCC2CCN(Cc3cc(C(F)(F)F)cc(C4CC4)n3)CC2)c(C2CC2)c1F. The Morgan fingerprint density at radius 3 is 2.33 bits per heavy atom. The molecule has 212 valence electrons. The number of ether oxygens (including phenoxy) is 1. The number of sulfonamides is 1. The van der Waals surface area contributed by atoms with Gasteiger partial charge in [0.25, 0.3) is 5.91 Å². The van der Waals surface area contributed by atoms with Gasteiger partial charge in [-0.05, 0) is 87.7 Å². The summed E-state index contributed by atoms with van der Waals surface area (Å²) in [5.74, 6) is -1.19. The van der Waals surface area contributed by atoms with Crippen molar-refractivity contribution in [3.63, 3.8) is 0 Å². The smallest absolute Gasteiger partial charge is 0.416 e. The van der Waals surface area contributed by atoms with Gasteiger partial charge < -0.3 is 4.74 Å². The quantitative estimate of drug-likeness (QED) is 0.429. The van der Waals surface area contributed by atoms with E-state index < -0.39 is 33.5 Å². The minimum absolute atomic E-state index is 0.0756. The Kier molecular flexibility index (Phi) is 7.62. The summed E-state index contributed by atoms with van der Waals surface area (Å²) in [6, 6.07) is 5.07. The van der Waals surface area contributed by atoms with Gasteiger partial charge in [0.1, 0.15) is 11.6 Å². The van der Waals surface area contributed by atoms with Gasteiger partial charge in [0, 0.05) is 23.7 Å². The zero-order valence-corrected chi connectivity index (χ0v) is 22.4. The third-order valence-electron chi connectivity index (χ3n) is 7.44. The van der Waals surface area contributed by atoms with Gasteiger partial charge in [0.05, 0.1) is 29.7 Å². The van der Waals surface area contributed by atoms with E-state index in [1.807, 2.05) is 0 Å². The fourth-order valence-corrected chi connectivity index (χ4v) is 5.49. The number of amides is 1. The average Bonchev–Trinajstić information content (AvgIpc) is 3.75. The zero-order valence-electron chi connectivity index (χ0n) is 21.6. The molecule has 1 aromatic carbocycles. The van der Waals surface area contributed by atoms with Crippen LogP contribution in [0.15, 0.2) is 24.3 Å². The van der Waals surface area contributed by atoms with Crippen LogP contribution in [-0.4, -0.2) is 50.2 Å². The number of hydrogen-bond donors (Lipinski definition) is 1. The van der Waals surface area contributed by atoms with Crippen LogP contribution in [0.1, 0.15) is 83.2 Å². The maximum atomic E-state index is 15.2. The molecule has 39 heavy (non-hydrogen) atoms. The van der Waals surface area contributed by atoms with Gasteiger partial charge in [-0.1, -0.05) is 0 Å². The van der Waals surface area contributed by atoms with Crippen LogP contribution in [0.4, 0.5) is 17.6 Å². The Hall–Kier alpha value is -2.73. The summed E-state index contributed by atoms with van der Waals surface area (Å²) in [6.07, 6.45) is 1.23. The molecule has 2 heterocycles. The third-order valence-corrected chi connectivity index (χ3v) is 7.99. The maximum Gasteiger partial charge on any atom is 0.416 e. The van der Waals surface area contributed by atoms with E-state index in [9.17, 15) is 26.4 Å². The third kappa shape index (κ3) is 7.08. The molecule has 2 aliphatic carbocycles. The molecule has 0 spiro atoms. The first-order valence-electron chi connectivity index (χ1n) is 13.1. The minimum atomic E-state index is -4.40. The predicted molar refractivity (Wildman–Crippen MR) is 135 cm³/mol. The number of nitrogens with zero attached hydrogens (tertiary/aromatic N) is 2. The lowest BCUT2D eigenvalue weighted by Crippen LogP contribution is -2.35. The lowest BCUT2D eigenvalue weighted by molar-refractivity contribution is -0.137. The number of pyridine rings is 1. The summed E-state index contributed by atoms with van der Waals surface area (Å²) in [6.45, 7) is 2.05. The van der Waals surface area contributed by atoms with Crippen molar-refractivity contribution in [3.8, 4) is 5.75 Å². The number of benzene rings is 1. The van der Waals surface area contributed by atoms with Crippen LogP contribution in [-0.2, 0) is 22.7 Å². The van der Waals surface area contributed by atoms with Gasteiger partial charge in [-0.3, -0.25) is 14.7 Å². The molecule has 7 nitrogen and oxygen atoms in total. The van der Waals surface area contributed by atoms with Crippen LogP contribution < -0.4 is 9.46 Å². The number of alkyl halides is 3. The maximum absolute atomic E-state index is 15.2. The minimum Gasteiger partial charge on any atom is -0.493 e. The second kappa shape index (κ2) is 10.7. The number of carbonyl (C=O) groups excluding carboxylic acids is 1. The number of aromatic nitrogens is 1. The number of rotatable bonds is 9. The summed E-state index contributed by atoms with van der Waals surface area (Å²) in [5, 5.41) is 0. The van der Waals surface area contributed by atoms with Crippen LogP contribution in [0, 0.1) is 11.7 Å². The first-order valence-corrected chi connectivity index (χ1v) is 15.0. The Bertz CT molecular complexity index is 1350. The molecule has 0 radical (unpaired) electrons. The van der Waals surface area contributed by atoms with Gasteiger partial charge in [-0.15, -0.1) is 0 Å². The van der Waals surface area contributed by atoms with Crippen LogP contribution in [0.3, 0.4) is 0 Å². The molecule has 1 saturated heterocycles. The summed E-state index contributed by atoms with van der Waals surface area (Å²) in [5.41, 5.74) is 0.288. The number of piperidine rings is 1. The fraction of sp³-hybridized carbons (Fsp3) is 0.556. The zero-order chi connectivity index (χ0) is 27.9. The van der Waals surface area contributed by atoms with Crippen molar-refractivity contribution in [2.45, 2.75) is 63.1 Å². The monoisotopic (exact) mass is 569 g/mol. The molecule has 0 unspecified atom stereocenters. The molecule has 2 aromatic rings. The van der Waals surface area contributed by atoms with Crippen molar-refractivity contribution in [3.05, 3.63) is 58.2 Å². The molecule has 0 atom stereocenters. The molecule has 0 bridgehead atoms. The Morgan fingerprint density at radius 2 is 1.74 bits per heavy atom. The molecule has 12 heteroatoms. The van der Waals surface area contributed by atoms with Gasteiger partial charge >= 0.3 is 6.18 Å². The number of carbonyl (C=O) groups is 1. The van der Waals surface area contributed by atoms with Crippen molar-refractivity contribution in [1.29, 1.82) is 0 Å². The van der Waals surface area contributed by atoms with Crippen molar-refractivity contribution < 1.29 is 35.5 Å². The van der Waals surface area contributed by atoms with E-state index in [-0.39, 0.29) is 23.3 Å². The fourth-order valence-electron chi connectivity index (χ4n) is 5.04. The highest BCUT2D eigenvalue weighted by Gasteiger charge is 2.35. The lowest BCUT2D eigenvalue weighted by Gasteiger charge is -2.32. The second-order valence-corrected chi connectivity index (χ2v) is 12.6. The highest BCUT2D eigenvalue weighted by Crippen LogP contribution is 2.46. The van der Waals surface area contributed by atoms with Gasteiger partial charge in [-0.25, -0.2) is 17.5 Å². The normalized spacial score (nSPS) is 19.2. The Labute approximate surface area is 225 Å². The van der Waals surface area contributed by atoms with Crippen molar-refractivity contribution in [2.75, 3.05) is 26.0 Å². The molecular weight excluding hydrogens is 538 g/mol. The molecule has 2 saturated carbocycles. The Balaban J connectivity index is 1.19. The van der Waals surface area contributed by atoms with Crippen LogP contribution in [0.2, 0.25) is 0 Å². The van der Waals surface area contributed by atoms with Crippen LogP contribution in [0.5, 0.6) is 5.75 Å². The molecule has 3 fully saturated rings. The molecule has 3 aliphatic rings. The number of halogens is 4. The number of nitrogens with one attached hydrogen (secondary N) is 1. The van der Waals surface area contributed by atoms with Crippen LogP contribution >= 0.6 is 0 Å². The molecular formula is C27H31F4N3O4S. The van der Waals surface area contributed by atoms with Crippen molar-refractivity contribution >= 4 is 15.9 Å². The predicted octanol–water partition coefficient (Wildman–Crippen LogP) is 4.97. The van der Waals surface area contributed by atoms with E-state index in [1.165, 1.54) is 18.2 Å². The van der Waals surface area contributed by atoms with Crippen molar-refractivity contribution in [2.24, 2.45) is 5.92 Å². The summed E-state index contributed by atoms with van der Waals surface area (Å²) in [7, 11) is -3.83. The second-order valence-electron chi connectivity index (χ2n) is 10.9. The van der Waals surface area contributed by atoms with Crippen LogP contribution in [0.25, 0.3) is 0 Å². The molecule has 1 N–H and O–H groups in total. The molecule has 5 rings (SSSR count). The standard InChI is InChI=1S/C27H31F4N3O4S/c1-39(36,37)33-26(35)21-6-7-23(24(25(21)28)18-4-5-18)38-15-16-8-10-34(11-9-16)14-20-12-19(27(29,30)31)13-22(32-20)17-2-3-17/h6-7,12-13,16-18H,2-5,8-11,14-15H2,1H3,(H,33,35). The van der Waals surface area contributed by atoms with E-state index in [0.717, 1.165) is 50.8 Å². The van der Waals surface area contributed by atoms with E-state index >= 15 is 4.39 Å². The highest BCUT2D eigenvalue weighted by molar-refractivity contribution is 7.89. The highest BCUT2D eigenvalue weighted by atomic mass is 32.2. The van der Waals surface area contributed by atoms with E-state index in [1.54, 1.807) is 4.72 Å². The van der Waals surface area contributed by atoms with Gasteiger partial charge in [0.2, 0.25) is 10.0 Å². The first kappa shape index (κ1) is 27.8. The first-order chi connectivity index (χ1) is 18.4. The molecule has 1 aromatic heterocycles. The summed E-state index contributed by atoms with van der Waals surface area (Å²) < 4.78 is 86.0. The van der Waals surface area contributed by atoms with Crippen molar-refractivity contribution in [1.82, 2.24) is 14.6 Å². The number of hydrogen-bond acceptors (Lipinski definition) is 6. The Morgan fingerprint density at radius 1 is 1.08 bits per heavy atom. The van der Waals surface area contributed by atoms with E-state index in [2.05, 4.69) is 9.88 Å². The lowest BCUT2D eigenvalue weighted by atomic mass is 9.97. The van der Waals surface area contributed by atoms with Gasteiger partial charge in [0.15, 0.2) is 0 Å². The summed E-state index contributed by atoms with van der Waals surface area (Å²) in [4.78, 5) is 18.9. The molecule has 1 aliphatic heterocycles. The summed E-state index contributed by atoms with van der Waals surface area (Å²) >= 11 is 0. The van der Waals surface area contributed by atoms with Gasteiger partial charge in [-0.2, -0.15) is 13.2 Å². The largest absolute Gasteiger partial charge is 0.493 e. The average molecular weight is 570 g/mol. The number of likely N-dealkylation sites (tertiary alicyclic amines) is 1. The molecule has 1 amide bonds. The van der Waals surface area contributed by atoms with E-state index in [0.29, 0.717) is 48.9 Å². The topological polar surface area (TPSA) is 88.6 Å².